The molecule has 21 heavy (non-hydrogen) atoms. The quantitative estimate of drug-likeness (QED) is 0.600. The molecule has 1 amide bonds. The highest BCUT2D eigenvalue weighted by Crippen LogP contribution is 2.18. The van der Waals surface area contributed by atoms with E-state index in [0.29, 0.717) is 11.3 Å². The predicted molar refractivity (Wildman–Crippen MR) is 74.1 cm³/mol. The summed E-state index contributed by atoms with van der Waals surface area (Å²) in [6, 6.07) is 6.76. The van der Waals surface area contributed by atoms with Crippen molar-refractivity contribution in [1.82, 2.24) is 5.32 Å². The summed E-state index contributed by atoms with van der Waals surface area (Å²) in [7, 11) is 0. The fourth-order valence-corrected chi connectivity index (χ4v) is 1.63. The highest BCUT2D eigenvalue weighted by Gasteiger charge is 2.23. The molecule has 112 valence electrons. The van der Waals surface area contributed by atoms with Gasteiger partial charge in [-0.05, 0) is 31.9 Å². The van der Waals surface area contributed by atoms with Crippen LogP contribution in [0.25, 0.3) is 0 Å². The van der Waals surface area contributed by atoms with Crippen LogP contribution in [0.2, 0.25) is 0 Å². The van der Waals surface area contributed by atoms with E-state index in [2.05, 4.69) is 5.32 Å². The molecule has 1 saturated carbocycles. The number of nitrogens with one attached hydrogen (secondary N) is 1. The van der Waals surface area contributed by atoms with Gasteiger partial charge in [0.25, 0.3) is 5.91 Å². The number of Topliss-reactive ketones (excluding diaryl/α,β-unsaturated/α-hetero) is 1. The first kappa shape index (κ1) is 15.0. The van der Waals surface area contributed by atoms with Crippen LogP contribution >= 0.6 is 0 Å². The third-order valence-electron chi connectivity index (χ3n) is 2.90. The largest absolute Gasteiger partial charge is 0.482 e. The molecule has 2 rings (SSSR count). The van der Waals surface area contributed by atoms with Crippen LogP contribution in [0.3, 0.4) is 0 Å². The van der Waals surface area contributed by atoms with Crippen molar-refractivity contribution in [2.24, 2.45) is 0 Å². The smallest absolute Gasteiger partial charge is 0.344 e. The first-order valence-electron chi connectivity index (χ1n) is 6.73. The van der Waals surface area contributed by atoms with Crippen molar-refractivity contribution >= 4 is 17.7 Å². The average molecular weight is 291 g/mol. The number of benzene rings is 1. The molecule has 0 radical (unpaired) electrons. The van der Waals surface area contributed by atoms with E-state index in [4.69, 9.17) is 9.47 Å². The van der Waals surface area contributed by atoms with Gasteiger partial charge in [-0.2, -0.15) is 0 Å². The lowest BCUT2D eigenvalue weighted by Crippen LogP contribution is -2.31. The summed E-state index contributed by atoms with van der Waals surface area (Å²) in [5, 5.41) is 2.71. The van der Waals surface area contributed by atoms with Gasteiger partial charge in [-0.15, -0.1) is 0 Å². The van der Waals surface area contributed by atoms with Crippen molar-refractivity contribution < 1.29 is 23.9 Å². The lowest BCUT2D eigenvalue weighted by molar-refractivity contribution is -0.150. The number of ether oxygens (including phenoxy) is 2. The van der Waals surface area contributed by atoms with Crippen molar-refractivity contribution in [2.45, 2.75) is 25.8 Å². The van der Waals surface area contributed by atoms with Gasteiger partial charge in [0, 0.05) is 11.6 Å². The van der Waals surface area contributed by atoms with Crippen LogP contribution in [0.15, 0.2) is 24.3 Å². The number of amides is 1. The van der Waals surface area contributed by atoms with E-state index in [0.717, 1.165) is 12.8 Å². The minimum Gasteiger partial charge on any atom is -0.482 e. The zero-order chi connectivity index (χ0) is 15.2. The molecule has 1 aromatic rings. The Labute approximate surface area is 122 Å². The fourth-order valence-electron chi connectivity index (χ4n) is 1.63. The number of hydrogen-bond donors (Lipinski definition) is 1. The SMILES string of the molecule is CC(=O)c1cccc(OCC(=O)OCC(=O)NC2CC2)c1. The third kappa shape index (κ3) is 5.25. The molecule has 1 fully saturated rings. The third-order valence-corrected chi connectivity index (χ3v) is 2.90. The van der Waals surface area contributed by atoms with Crippen LogP contribution < -0.4 is 10.1 Å². The monoisotopic (exact) mass is 291 g/mol. The van der Waals surface area contributed by atoms with Gasteiger partial charge in [0.05, 0.1) is 0 Å². The molecule has 1 N–H and O–H groups in total. The topological polar surface area (TPSA) is 81.7 Å². The number of esters is 1. The van der Waals surface area contributed by atoms with Gasteiger partial charge in [-0.1, -0.05) is 12.1 Å². The Hall–Kier alpha value is -2.37. The molecule has 1 aromatic carbocycles. The molecular formula is C15H17NO5. The van der Waals surface area contributed by atoms with Gasteiger partial charge in [-0.3, -0.25) is 9.59 Å². The summed E-state index contributed by atoms with van der Waals surface area (Å²) < 4.78 is 10.0. The fraction of sp³-hybridized carbons (Fsp3) is 0.400. The van der Waals surface area contributed by atoms with Crippen LogP contribution in [0.5, 0.6) is 5.75 Å². The Bertz CT molecular complexity index is 551. The van der Waals surface area contributed by atoms with Gasteiger partial charge >= 0.3 is 5.97 Å². The Morgan fingerprint density at radius 2 is 2.00 bits per heavy atom. The number of carbonyl (C=O) groups is 3. The van der Waals surface area contributed by atoms with Crippen molar-refractivity contribution in [1.29, 1.82) is 0 Å². The summed E-state index contributed by atoms with van der Waals surface area (Å²) in [5.41, 5.74) is 0.504. The maximum absolute atomic E-state index is 11.4. The summed E-state index contributed by atoms with van der Waals surface area (Å²) >= 11 is 0. The zero-order valence-electron chi connectivity index (χ0n) is 11.8. The van der Waals surface area contributed by atoms with E-state index >= 15 is 0 Å². The molecule has 0 spiro atoms. The lowest BCUT2D eigenvalue weighted by atomic mass is 10.1. The maximum Gasteiger partial charge on any atom is 0.344 e. The second kappa shape index (κ2) is 6.88. The first-order valence-corrected chi connectivity index (χ1v) is 6.73. The average Bonchev–Trinajstić information content (AvgIpc) is 3.27. The van der Waals surface area contributed by atoms with Crippen LogP contribution in [0, 0.1) is 0 Å². The van der Waals surface area contributed by atoms with Crippen molar-refractivity contribution in [2.75, 3.05) is 13.2 Å². The van der Waals surface area contributed by atoms with E-state index in [1.165, 1.54) is 6.92 Å². The zero-order valence-corrected chi connectivity index (χ0v) is 11.8. The standard InChI is InChI=1S/C15H17NO5/c1-10(17)11-3-2-4-13(7-11)20-9-15(19)21-8-14(18)16-12-5-6-12/h2-4,7,12H,5-6,8-9H2,1H3,(H,16,18). The van der Waals surface area contributed by atoms with Crippen molar-refractivity contribution in [3.63, 3.8) is 0 Å². The highest BCUT2D eigenvalue weighted by molar-refractivity contribution is 5.94. The van der Waals surface area contributed by atoms with Crippen LogP contribution in [-0.4, -0.2) is 36.9 Å². The van der Waals surface area contributed by atoms with E-state index in [1.807, 2.05) is 0 Å². The Kier molecular flexibility index (Phi) is 4.92. The molecule has 6 nitrogen and oxygen atoms in total. The number of rotatable bonds is 7. The maximum atomic E-state index is 11.4. The van der Waals surface area contributed by atoms with Gasteiger partial charge in [0.15, 0.2) is 19.0 Å². The predicted octanol–water partition coefficient (Wildman–Crippen LogP) is 1.09. The van der Waals surface area contributed by atoms with E-state index in [-0.39, 0.29) is 30.9 Å². The molecule has 1 aliphatic carbocycles. The van der Waals surface area contributed by atoms with Crippen molar-refractivity contribution in [3.05, 3.63) is 29.8 Å². The molecule has 0 aliphatic heterocycles. The van der Waals surface area contributed by atoms with Crippen LogP contribution in [-0.2, 0) is 14.3 Å². The number of carbonyl (C=O) groups excluding carboxylic acids is 3. The molecule has 0 heterocycles. The molecule has 0 bridgehead atoms. The number of ketones is 1. The van der Waals surface area contributed by atoms with Crippen molar-refractivity contribution in [3.8, 4) is 5.75 Å². The van der Waals surface area contributed by atoms with Gasteiger partial charge in [0.1, 0.15) is 5.75 Å². The Balaban J connectivity index is 1.71. The summed E-state index contributed by atoms with van der Waals surface area (Å²) in [4.78, 5) is 34.0. The molecule has 0 saturated heterocycles. The number of hydrogen-bond acceptors (Lipinski definition) is 5. The minimum atomic E-state index is -0.630. The van der Waals surface area contributed by atoms with Crippen LogP contribution in [0.4, 0.5) is 0 Å². The molecule has 6 heteroatoms. The molecule has 0 aromatic heterocycles. The first-order chi connectivity index (χ1) is 10.0. The minimum absolute atomic E-state index is 0.0835. The lowest BCUT2D eigenvalue weighted by Gasteiger charge is -2.08. The Morgan fingerprint density at radius 3 is 2.67 bits per heavy atom. The summed E-state index contributed by atoms with van der Waals surface area (Å²) in [6.45, 7) is 0.843. The van der Waals surface area contributed by atoms with Gasteiger partial charge < -0.3 is 14.8 Å². The summed E-state index contributed by atoms with van der Waals surface area (Å²) in [6.07, 6.45) is 1.96. The highest BCUT2D eigenvalue weighted by atomic mass is 16.6. The van der Waals surface area contributed by atoms with E-state index in [1.54, 1.807) is 24.3 Å². The van der Waals surface area contributed by atoms with E-state index < -0.39 is 5.97 Å². The van der Waals surface area contributed by atoms with E-state index in [9.17, 15) is 14.4 Å². The molecule has 0 unspecified atom stereocenters. The molecule has 1 aliphatic rings. The molecular weight excluding hydrogens is 274 g/mol. The van der Waals surface area contributed by atoms with Gasteiger partial charge in [-0.25, -0.2) is 4.79 Å². The van der Waals surface area contributed by atoms with Crippen LogP contribution in [0.1, 0.15) is 30.1 Å². The normalized spacial score (nSPS) is 13.4. The summed E-state index contributed by atoms with van der Waals surface area (Å²) in [5.74, 6) is -0.611. The Morgan fingerprint density at radius 1 is 1.24 bits per heavy atom. The second-order valence-corrected chi connectivity index (χ2v) is 4.88. The van der Waals surface area contributed by atoms with Gasteiger partial charge in [0.2, 0.25) is 0 Å². The molecule has 0 atom stereocenters. The second-order valence-electron chi connectivity index (χ2n) is 4.88.